The number of para-hydroxylation sites is 2. The van der Waals surface area contributed by atoms with Gasteiger partial charge >= 0.3 is 17.1 Å². The summed E-state index contributed by atoms with van der Waals surface area (Å²) in [5.41, 5.74) is 2.05. The Kier molecular flexibility index (Phi) is 12.9. The Morgan fingerprint density at radius 1 is 0.636 bits per heavy atom. The molecule has 0 unspecified atom stereocenters. The summed E-state index contributed by atoms with van der Waals surface area (Å²) >= 11 is 0. The summed E-state index contributed by atoms with van der Waals surface area (Å²) < 4.78 is 11.2. The summed E-state index contributed by atoms with van der Waals surface area (Å²) in [6, 6.07) is 10.2. The predicted molar refractivity (Wildman–Crippen MR) is 121 cm³/mol. The van der Waals surface area contributed by atoms with E-state index in [1.54, 1.807) is 12.1 Å². The molecule has 0 aromatic heterocycles. The van der Waals surface area contributed by atoms with E-state index in [-0.39, 0.29) is 52.2 Å². The molecule has 0 saturated heterocycles. The number of aromatic carboxylic acids is 2. The molecule has 185 valence electrons. The van der Waals surface area contributed by atoms with Crippen molar-refractivity contribution in [1.82, 2.24) is 0 Å². The minimum Gasteiger partial charge on any atom is -0.545 e. The van der Waals surface area contributed by atoms with Crippen molar-refractivity contribution in [1.29, 1.82) is 0 Å². The van der Waals surface area contributed by atoms with Crippen molar-refractivity contribution in [3.63, 3.8) is 0 Å². The van der Waals surface area contributed by atoms with Gasteiger partial charge in [-0.15, -0.1) is 0 Å². The van der Waals surface area contributed by atoms with E-state index in [2.05, 4.69) is 0 Å². The Morgan fingerprint density at radius 2 is 0.939 bits per heavy atom. The van der Waals surface area contributed by atoms with Gasteiger partial charge in [-0.2, -0.15) is 0 Å². The topological polar surface area (TPSA) is 98.7 Å². The summed E-state index contributed by atoms with van der Waals surface area (Å²) in [6.07, 6.45) is -0.115. The van der Waals surface area contributed by atoms with Gasteiger partial charge in [0.25, 0.3) is 0 Å². The third kappa shape index (κ3) is 9.10. The molecular weight excluding hydrogens is 472 g/mol. The molecule has 0 spiro atoms. The van der Waals surface area contributed by atoms with Crippen LogP contribution in [0.25, 0.3) is 0 Å². The van der Waals surface area contributed by atoms with Crippen molar-refractivity contribution < 1.29 is 46.3 Å². The van der Waals surface area contributed by atoms with Crippen LogP contribution < -0.4 is 19.7 Å². The molecule has 7 heteroatoms. The Bertz CT molecular complexity index is 843. The van der Waals surface area contributed by atoms with Crippen LogP contribution in [0.5, 0.6) is 11.5 Å². The molecular formula is C26H34CuO6. The van der Waals surface area contributed by atoms with E-state index in [1.165, 1.54) is 12.1 Å². The van der Waals surface area contributed by atoms with Crippen molar-refractivity contribution in [2.24, 2.45) is 0 Å². The van der Waals surface area contributed by atoms with Crippen molar-refractivity contribution in [2.75, 3.05) is 0 Å². The van der Waals surface area contributed by atoms with E-state index in [9.17, 15) is 19.8 Å². The van der Waals surface area contributed by atoms with Crippen LogP contribution in [0.2, 0.25) is 0 Å². The summed E-state index contributed by atoms with van der Waals surface area (Å²) in [7, 11) is 0. The minimum absolute atomic E-state index is 0. The molecule has 33 heavy (non-hydrogen) atoms. The van der Waals surface area contributed by atoms with Crippen LogP contribution in [0.4, 0.5) is 0 Å². The molecule has 1 radical (unpaired) electrons. The van der Waals surface area contributed by atoms with Gasteiger partial charge in [0.1, 0.15) is 11.5 Å². The van der Waals surface area contributed by atoms with Crippen molar-refractivity contribution >= 4 is 11.9 Å². The minimum atomic E-state index is -1.20. The molecule has 0 aliphatic heterocycles. The number of carbonyl (C=O) groups excluding carboxylic acids is 2. The number of carbonyl (C=O) groups is 2. The number of hydrogen-bond donors (Lipinski definition) is 0. The van der Waals surface area contributed by atoms with Gasteiger partial charge in [0, 0.05) is 11.1 Å². The molecule has 2 aromatic rings. The summed E-state index contributed by atoms with van der Waals surface area (Å²) in [5.74, 6) is -1.09. The van der Waals surface area contributed by atoms with Crippen LogP contribution in [-0.4, -0.2) is 24.1 Å². The average Bonchev–Trinajstić information content (AvgIpc) is 2.67. The van der Waals surface area contributed by atoms with Crippen LogP contribution in [0.15, 0.2) is 36.4 Å². The molecule has 0 bridgehead atoms. The average molecular weight is 506 g/mol. The zero-order chi connectivity index (χ0) is 24.6. The molecule has 0 atom stereocenters. The van der Waals surface area contributed by atoms with Gasteiger partial charge in [-0.05, 0) is 62.8 Å². The Balaban J connectivity index is 0.000000602. The van der Waals surface area contributed by atoms with Crippen molar-refractivity contribution in [3.8, 4) is 11.5 Å². The van der Waals surface area contributed by atoms with E-state index >= 15 is 0 Å². The normalized spacial score (nSPS) is 10.5. The number of benzene rings is 2. The summed E-state index contributed by atoms with van der Waals surface area (Å²) in [6.45, 7) is 15.5. The maximum atomic E-state index is 11.0. The van der Waals surface area contributed by atoms with E-state index in [4.69, 9.17) is 9.47 Å². The van der Waals surface area contributed by atoms with E-state index in [0.717, 1.165) is 11.1 Å². The van der Waals surface area contributed by atoms with E-state index in [1.807, 2.05) is 67.5 Å². The molecule has 0 heterocycles. The second-order valence-corrected chi connectivity index (χ2v) is 8.67. The van der Waals surface area contributed by atoms with Gasteiger partial charge < -0.3 is 29.3 Å². The van der Waals surface area contributed by atoms with Gasteiger partial charge in [0.2, 0.25) is 0 Å². The molecule has 0 fully saturated rings. The van der Waals surface area contributed by atoms with Crippen molar-refractivity contribution in [2.45, 2.75) is 79.4 Å². The monoisotopic (exact) mass is 505 g/mol. The molecule has 6 nitrogen and oxygen atoms in total. The quantitative estimate of drug-likeness (QED) is 0.504. The van der Waals surface area contributed by atoms with E-state index < -0.39 is 11.9 Å². The number of hydrogen-bond acceptors (Lipinski definition) is 6. The fraction of sp³-hybridized carbons (Fsp3) is 0.462. The molecule has 2 rings (SSSR count). The molecule has 0 amide bonds. The molecule has 0 aliphatic rings. The molecule has 2 aromatic carbocycles. The first-order chi connectivity index (χ1) is 14.9. The first-order valence-electron chi connectivity index (χ1n) is 10.9. The van der Waals surface area contributed by atoms with Crippen LogP contribution in [0.1, 0.15) is 99.1 Å². The van der Waals surface area contributed by atoms with E-state index in [0.29, 0.717) is 11.5 Å². The number of rotatable bonds is 8. The van der Waals surface area contributed by atoms with Crippen LogP contribution in [0.3, 0.4) is 0 Å². The first kappa shape index (κ1) is 30.5. The first-order valence-corrected chi connectivity index (χ1v) is 10.9. The van der Waals surface area contributed by atoms with Crippen molar-refractivity contribution in [3.05, 3.63) is 58.7 Å². The number of carboxylic acid groups (broad SMARTS) is 2. The van der Waals surface area contributed by atoms with Gasteiger partial charge in [-0.1, -0.05) is 52.0 Å². The Labute approximate surface area is 207 Å². The van der Waals surface area contributed by atoms with Crippen LogP contribution in [0, 0.1) is 0 Å². The SMILES string of the molecule is CC(C)Oc1c(C(=O)[O-])cccc1C(C)C.CC(C)Oc1c(C(=O)[O-])cccc1C(C)C.[Cu+2]. The summed E-state index contributed by atoms with van der Waals surface area (Å²) in [5, 5.41) is 22.0. The maximum Gasteiger partial charge on any atom is 2.00 e. The largest absolute Gasteiger partial charge is 2.00 e. The second kappa shape index (κ2) is 13.9. The zero-order valence-electron chi connectivity index (χ0n) is 20.5. The fourth-order valence-electron chi connectivity index (χ4n) is 3.07. The Hall–Kier alpha value is -2.50. The third-order valence-corrected chi connectivity index (χ3v) is 4.48. The van der Waals surface area contributed by atoms with Gasteiger partial charge in [-0.25, -0.2) is 0 Å². The smallest absolute Gasteiger partial charge is 0.545 e. The standard InChI is InChI=1S/2C13H18O3.Cu/c2*1-8(2)10-6-5-7-11(13(14)15)12(10)16-9(3)4;/h2*5-9H,1-4H3,(H,14,15);/q;;+2/p-2. The fourth-order valence-corrected chi connectivity index (χ4v) is 3.07. The van der Waals surface area contributed by atoms with Gasteiger partial charge in [0.15, 0.2) is 0 Å². The number of ether oxygens (including phenoxy) is 2. The molecule has 0 aliphatic carbocycles. The van der Waals surface area contributed by atoms with Crippen LogP contribution >= 0.6 is 0 Å². The zero-order valence-corrected chi connectivity index (χ0v) is 21.5. The summed E-state index contributed by atoms with van der Waals surface area (Å²) in [4.78, 5) is 22.0. The predicted octanol–water partition coefficient (Wildman–Crippen LogP) is 3.92. The molecule has 0 saturated carbocycles. The van der Waals surface area contributed by atoms with Gasteiger partial charge in [-0.3, -0.25) is 0 Å². The molecule has 0 N–H and O–H groups in total. The van der Waals surface area contributed by atoms with Gasteiger partial charge in [0.05, 0.1) is 24.1 Å². The number of carboxylic acids is 2. The Morgan fingerprint density at radius 3 is 1.15 bits per heavy atom. The second-order valence-electron chi connectivity index (χ2n) is 8.67. The maximum absolute atomic E-state index is 11.0. The third-order valence-electron chi connectivity index (χ3n) is 4.48. The van der Waals surface area contributed by atoms with Crippen LogP contribution in [-0.2, 0) is 17.1 Å².